The Morgan fingerprint density at radius 3 is 2.68 bits per heavy atom. The van der Waals surface area contributed by atoms with E-state index in [0.29, 0.717) is 18.2 Å². The van der Waals surface area contributed by atoms with Crippen LogP contribution in [0.4, 0.5) is 5.69 Å². The Balaban J connectivity index is 2.69. The number of hydrogen-bond donors (Lipinski definition) is 1. The molecule has 1 N–H and O–H groups in total. The number of hydrogen-bond acceptors (Lipinski definition) is 3. The highest BCUT2D eigenvalue weighted by atomic mass is 35.6. The summed E-state index contributed by atoms with van der Waals surface area (Å²) in [4.78, 5) is 15.6. The van der Waals surface area contributed by atoms with Crippen LogP contribution < -0.4 is 10.1 Å². The minimum atomic E-state index is -2.00. The van der Waals surface area contributed by atoms with E-state index in [9.17, 15) is 4.79 Å². The largest absolute Gasteiger partial charge is 0.477 e. The van der Waals surface area contributed by atoms with Crippen LogP contribution in [0.1, 0.15) is 25.3 Å². The van der Waals surface area contributed by atoms with Crippen LogP contribution in [0.5, 0.6) is 5.88 Å². The molecule has 1 aromatic heterocycles. The minimum Gasteiger partial charge on any atom is -0.477 e. The predicted molar refractivity (Wildman–Crippen MR) is 78.3 cm³/mol. The number of carbonyl (C=O) groups excluding carboxylic acids is 1. The van der Waals surface area contributed by atoms with E-state index >= 15 is 0 Å². The zero-order chi connectivity index (χ0) is 14.5. The Kier molecular flexibility index (Phi) is 6.17. The third kappa shape index (κ3) is 5.43. The molecule has 1 rings (SSSR count). The second-order valence-corrected chi connectivity index (χ2v) is 6.28. The van der Waals surface area contributed by atoms with Gasteiger partial charge >= 0.3 is 0 Å². The van der Waals surface area contributed by atoms with Crippen molar-refractivity contribution in [1.82, 2.24) is 4.98 Å². The van der Waals surface area contributed by atoms with Gasteiger partial charge in [-0.15, -0.1) is 0 Å². The molecule has 19 heavy (non-hydrogen) atoms. The van der Waals surface area contributed by atoms with Crippen LogP contribution in [0, 0.1) is 6.92 Å². The van der Waals surface area contributed by atoms with Gasteiger partial charge in [0.05, 0.1) is 18.5 Å². The van der Waals surface area contributed by atoms with Gasteiger partial charge in [0.1, 0.15) is 0 Å². The van der Waals surface area contributed by atoms with Crippen molar-refractivity contribution in [2.75, 3.05) is 11.9 Å². The van der Waals surface area contributed by atoms with Crippen molar-refractivity contribution in [2.45, 2.75) is 30.5 Å². The van der Waals surface area contributed by atoms with E-state index in [2.05, 4.69) is 17.2 Å². The Hall–Kier alpha value is -0.710. The Bertz CT molecular complexity index is 447. The van der Waals surface area contributed by atoms with Gasteiger partial charge < -0.3 is 10.1 Å². The molecular weight excluding hydrogens is 311 g/mol. The van der Waals surface area contributed by atoms with Crippen LogP contribution in [-0.2, 0) is 4.79 Å². The maximum Gasteiger partial charge on any atom is 0.276 e. The number of unbranched alkanes of at least 4 members (excludes halogenated alkanes) is 1. The second kappa shape index (κ2) is 7.17. The van der Waals surface area contributed by atoms with Crippen molar-refractivity contribution < 1.29 is 9.53 Å². The fraction of sp³-hybridized carbons (Fsp3) is 0.500. The lowest BCUT2D eigenvalue weighted by atomic mass is 10.3. The summed E-state index contributed by atoms with van der Waals surface area (Å²) >= 11 is 16.4. The number of ether oxygens (including phenoxy) is 1. The van der Waals surface area contributed by atoms with Gasteiger partial charge in [0.15, 0.2) is 0 Å². The molecule has 0 saturated heterocycles. The first kappa shape index (κ1) is 16.3. The molecule has 106 valence electrons. The number of rotatable bonds is 5. The van der Waals surface area contributed by atoms with Crippen LogP contribution in [0.2, 0.25) is 0 Å². The fourth-order valence-corrected chi connectivity index (χ4v) is 1.44. The molecule has 1 heterocycles. The monoisotopic (exact) mass is 324 g/mol. The maximum atomic E-state index is 11.5. The van der Waals surface area contributed by atoms with Crippen LogP contribution in [0.3, 0.4) is 0 Å². The summed E-state index contributed by atoms with van der Waals surface area (Å²) in [5, 5.41) is 2.46. The molecule has 4 nitrogen and oxygen atoms in total. The van der Waals surface area contributed by atoms with Crippen LogP contribution in [0.15, 0.2) is 12.3 Å². The van der Waals surface area contributed by atoms with Crippen LogP contribution in [-0.4, -0.2) is 21.3 Å². The van der Waals surface area contributed by atoms with E-state index in [-0.39, 0.29) is 0 Å². The van der Waals surface area contributed by atoms with Crippen LogP contribution in [0.25, 0.3) is 0 Å². The van der Waals surface area contributed by atoms with Gasteiger partial charge in [0.25, 0.3) is 9.70 Å². The first-order chi connectivity index (χ1) is 8.84. The topological polar surface area (TPSA) is 51.2 Å². The molecular formula is C12H15Cl3N2O2. The molecule has 0 fully saturated rings. The number of anilines is 1. The summed E-state index contributed by atoms with van der Waals surface area (Å²) in [6.07, 6.45) is 3.48. The molecule has 1 aromatic rings. The van der Waals surface area contributed by atoms with Gasteiger partial charge in [-0.25, -0.2) is 4.98 Å². The highest BCUT2D eigenvalue weighted by Gasteiger charge is 2.30. The minimum absolute atomic E-state index is 0.455. The predicted octanol–water partition coefficient (Wildman–Crippen LogP) is 3.88. The molecule has 0 unspecified atom stereocenters. The highest BCUT2D eigenvalue weighted by Crippen LogP contribution is 2.28. The van der Waals surface area contributed by atoms with Gasteiger partial charge in [-0.2, -0.15) is 0 Å². The number of nitrogens with zero attached hydrogens (tertiary/aromatic N) is 1. The lowest BCUT2D eigenvalue weighted by molar-refractivity contribution is -0.115. The molecule has 0 radical (unpaired) electrons. The Morgan fingerprint density at radius 2 is 2.16 bits per heavy atom. The first-order valence-corrected chi connectivity index (χ1v) is 6.95. The molecule has 0 saturated carbocycles. The van der Waals surface area contributed by atoms with Gasteiger partial charge in [-0.1, -0.05) is 48.1 Å². The van der Waals surface area contributed by atoms with E-state index in [1.807, 2.05) is 6.92 Å². The summed E-state index contributed by atoms with van der Waals surface area (Å²) in [6.45, 7) is 4.53. The van der Waals surface area contributed by atoms with Crippen molar-refractivity contribution in [1.29, 1.82) is 0 Å². The number of alkyl halides is 3. The fourth-order valence-electron chi connectivity index (χ4n) is 1.30. The lowest BCUT2D eigenvalue weighted by Gasteiger charge is -2.13. The number of aryl methyl sites for hydroxylation is 1. The molecule has 7 heteroatoms. The summed E-state index contributed by atoms with van der Waals surface area (Å²) in [7, 11) is 0. The van der Waals surface area contributed by atoms with Crippen molar-refractivity contribution in [2.24, 2.45) is 0 Å². The van der Waals surface area contributed by atoms with Crippen molar-refractivity contribution in [3.8, 4) is 5.88 Å². The Labute approximate surface area is 127 Å². The summed E-state index contributed by atoms with van der Waals surface area (Å²) in [5.74, 6) is -0.182. The third-order valence-corrected chi connectivity index (χ3v) is 2.80. The average molecular weight is 326 g/mol. The quantitative estimate of drug-likeness (QED) is 0.660. The molecule has 0 aliphatic heterocycles. The second-order valence-electron chi connectivity index (χ2n) is 4.00. The molecule has 0 aromatic carbocycles. The summed E-state index contributed by atoms with van der Waals surface area (Å²) < 4.78 is 3.51. The summed E-state index contributed by atoms with van der Waals surface area (Å²) in [5.41, 5.74) is 1.26. The number of nitrogens with one attached hydrogen (secondary N) is 1. The third-order valence-electron chi connectivity index (χ3n) is 2.28. The van der Waals surface area contributed by atoms with Crippen LogP contribution >= 0.6 is 34.8 Å². The number of halogens is 3. The standard InChI is InChI=1S/C12H15Cl3N2O2/c1-3-4-5-19-10-8(2)6-9(7-16-10)17-11(18)12(13,14)15/h6-7H,3-5H2,1-2H3,(H,17,18). The number of amides is 1. The lowest BCUT2D eigenvalue weighted by Crippen LogP contribution is -2.27. The average Bonchev–Trinajstić information content (AvgIpc) is 2.31. The van der Waals surface area contributed by atoms with Crippen molar-refractivity contribution in [3.05, 3.63) is 17.8 Å². The molecule has 0 spiro atoms. The molecule has 0 aliphatic carbocycles. The van der Waals surface area contributed by atoms with Crippen molar-refractivity contribution in [3.63, 3.8) is 0 Å². The van der Waals surface area contributed by atoms with Gasteiger partial charge in [-0.3, -0.25) is 4.79 Å². The normalized spacial score (nSPS) is 11.2. The smallest absolute Gasteiger partial charge is 0.276 e. The zero-order valence-electron chi connectivity index (χ0n) is 10.7. The number of aromatic nitrogens is 1. The molecule has 0 aliphatic rings. The van der Waals surface area contributed by atoms with E-state index in [1.165, 1.54) is 6.20 Å². The van der Waals surface area contributed by atoms with E-state index < -0.39 is 9.70 Å². The first-order valence-electron chi connectivity index (χ1n) is 5.82. The maximum absolute atomic E-state index is 11.5. The highest BCUT2D eigenvalue weighted by molar-refractivity contribution is 6.76. The molecule has 1 amide bonds. The van der Waals surface area contributed by atoms with Crippen molar-refractivity contribution >= 4 is 46.4 Å². The van der Waals surface area contributed by atoms with Gasteiger partial charge in [-0.05, 0) is 19.4 Å². The summed E-state index contributed by atoms with van der Waals surface area (Å²) in [6, 6.07) is 1.71. The van der Waals surface area contributed by atoms with E-state index in [4.69, 9.17) is 39.5 Å². The Morgan fingerprint density at radius 1 is 1.47 bits per heavy atom. The van der Waals surface area contributed by atoms with Gasteiger partial charge in [0.2, 0.25) is 5.88 Å². The van der Waals surface area contributed by atoms with E-state index in [1.54, 1.807) is 6.07 Å². The number of carbonyl (C=O) groups is 1. The zero-order valence-corrected chi connectivity index (χ0v) is 12.9. The SMILES string of the molecule is CCCCOc1ncc(NC(=O)C(Cl)(Cl)Cl)cc1C. The van der Waals surface area contributed by atoms with E-state index in [0.717, 1.165) is 18.4 Å². The molecule has 0 atom stereocenters. The molecule has 0 bridgehead atoms. The number of pyridine rings is 1. The van der Waals surface area contributed by atoms with Gasteiger partial charge in [0, 0.05) is 5.56 Å².